The summed E-state index contributed by atoms with van der Waals surface area (Å²) in [6.45, 7) is 3.23. The third-order valence-electron chi connectivity index (χ3n) is 3.40. The topological polar surface area (TPSA) is 86.5 Å². The van der Waals surface area contributed by atoms with Crippen LogP contribution in [0.3, 0.4) is 0 Å². The second kappa shape index (κ2) is 6.26. The van der Waals surface area contributed by atoms with E-state index in [1.54, 1.807) is 19.1 Å². The van der Waals surface area contributed by atoms with Gasteiger partial charge in [0.25, 0.3) is 0 Å². The zero-order valence-electron chi connectivity index (χ0n) is 12.0. The van der Waals surface area contributed by atoms with Gasteiger partial charge in [0, 0.05) is 11.9 Å². The maximum absolute atomic E-state index is 12.0. The molecule has 1 aromatic carbocycles. The number of hydrogen-bond donors (Lipinski definition) is 1. The van der Waals surface area contributed by atoms with E-state index in [-0.39, 0.29) is 13.0 Å². The molecule has 6 heteroatoms. The van der Waals surface area contributed by atoms with E-state index >= 15 is 0 Å². The van der Waals surface area contributed by atoms with Gasteiger partial charge in [-0.15, -0.1) is 0 Å². The summed E-state index contributed by atoms with van der Waals surface area (Å²) in [7, 11) is -3.56. The number of nitrogens with two attached hydrogens (primary N) is 1. The SMILES string of the molecule is CCOC(=O)C(C)(CCc1ccc(N)cc1)S(C)(=O)=O. The van der Waals surface area contributed by atoms with Crippen LogP contribution in [-0.2, 0) is 25.8 Å². The number of rotatable bonds is 6. The first-order valence-electron chi connectivity index (χ1n) is 6.42. The number of aryl methyl sites for hydroxylation is 1. The number of ether oxygens (including phenoxy) is 1. The monoisotopic (exact) mass is 299 g/mol. The van der Waals surface area contributed by atoms with Gasteiger partial charge in [-0.25, -0.2) is 8.42 Å². The maximum atomic E-state index is 12.0. The molecule has 1 unspecified atom stereocenters. The van der Waals surface area contributed by atoms with Crippen LogP contribution >= 0.6 is 0 Å². The quantitative estimate of drug-likeness (QED) is 0.636. The van der Waals surface area contributed by atoms with Crippen LogP contribution in [0.15, 0.2) is 24.3 Å². The van der Waals surface area contributed by atoms with Crippen molar-refractivity contribution < 1.29 is 17.9 Å². The van der Waals surface area contributed by atoms with Crippen molar-refractivity contribution in [3.8, 4) is 0 Å². The molecule has 1 atom stereocenters. The molecule has 1 rings (SSSR count). The Bertz CT molecular complexity index is 565. The molecule has 0 radical (unpaired) electrons. The number of hydrogen-bond acceptors (Lipinski definition) is 5. The average Bonchev–Trinajstić information content (AvgIpc) is 2.36. The summed E-state index contributed by atoms with van der Waals surface area (Å²) in [4.78, 5) is 12.0. The fourth-order valence-electron chi connectivity index (χ4n) is 1.79. The molecule has 0 amide bonds. The number of esters is 1. The van der Waals surface area contributed by atoms with Crippen LogP contribution in [0.4, 0.5) is 5.69 Å². The van der Waals surface area contributed by atoms with Gasteiger partial charge in [0.05, 0.1) is 6.61 Å². The van der Waals surface area contributed by atoms with E-state index in [1.807, 2.05) is 12.1 Å². The largest absolute Gasteiger partial charge is 0.465 e. The van der Waals surface area contributed by atoms with E-state index < -0.39 is 20.6 Å². The molecule has 0 aliphatic rings. The molecule has 0 bridgehead atoms. The van der Waals surface area contributed by atoms with Crippen LogP contribution in [0.5, 0.6) is 0 Å². The van der Waals surface area contributed by atoms with Gasteiger partial charge in [0.15, 0.2) is 14.6 Å². The highest BCUT2D eigenvalue weighted by Gasteiger charge is 2.44. The van der Waals surface area contributed by atoms with Crippen molar-refractivity contribution in [3.63, 3.8) is 0 Å². The molecule has 2 N–H and O–H groups in total. The zero-order chi connectivity index (χ0) is 15.4. The zero-order valence-corrected chi connectivity index (χ0v) is 12.9. The molecule has 0 aliphatic heterocycles. The smallest absolute Gasteiger partial charge is 0.327 e. The second-order valence-corrected chi connectivity index (χ2v) is 7.41. The van der Waals surface area contributed by atoms with Crippen molar-refractivity contribution >= 4 is 21.5 Å². The van der Waals surface area contributed by atoms with Crippen LogP contribution in [0.1, 0.15) is 25.8 Å². The Hall–Kier alpha value is -1.56. The molecule has 0 aromatic heterocycles. The molecule has 0 heterocycles. The molecular weight excluding hydrogens is 278 g/mol. The fraction of sp³-hybridized carbons (Fsp3) is 0.500. The number of sulfone groups is 1. The predicted octanol–water partition coefficient (Wildman–Crippen LogP) is 1.57. The van der Waals surface area contributed by atoms with E-state index in [9.17, 15) is 13.2 Å². The Morgan fingerprint density at radius 3 is 2.30 bits per heavy atom. The minimum Gasteiger partial charge on any atom is -0.465 e. The number of carbonyl (C=O) groups is 1. The highest BCUT2D eigenvalue weighted by atomic mass is 32.2. The van der Waals surface area contributed by atoms with Gasteiger partial charge in [-0.3, -0.25) is 4.79 Å². The van der Waals surface area contributed by atoms with Crippen LogP contribution in [-0.4, -0.2) is 32.0 Å². The van der Waals surface area contributed by atoms with Crippen molar-refractivity contribution in [1.82, 2.24) is 0 Å². The summed E-state index contributed by atoms with van der Waals surface area (Å²) < 4.78 is 27.2. The first kappa shape index (κ1) is 16.5. The van der Waals surface area contributed by atoms with Gasteiger partial charge >= 0.3 is 5.97 Å². The average molecular weight is 299 g/mol. The fourth-order valence-corrected chi connectivity index (χ4v) is 2.62. The molecule has 0 saturated heterocycles. The van der Waals surface area contributed by atoms with Crippen molar-refractivity contribution in [1.29, 1.82) is 0 Å². The number of carbonyl (C=O) groups excluding carboxylic acids is 1. The summed E-state index contributed by atoms with van der Waals surface area (Å²) >= 11 is 0. The lowest BCUT2D eigenvalue weighted by molar-refractivity contribution is -0.146. The highest BCUT2D eigenvalue weighted by molar-refractivity contribution is 7.92. The van der Waals surface area contributed by atoms with Crippen molar-refractivity contribution in [2.75, 3.05) is 18.6 Å². The predicted molar refractivity (Wildman–Crippen MR) is 79.1 cm³/mol. The van der Waals surface area contributed by atoms with Gasteiger partial charge in [-0.05, 0) is 44.4 Å². The molecule has 5 nitrogen and oxygen atoms in total. The van der Waals surface area contributed by atoms with E-state index in [1.165, 1.54) is 6.92 Å². The van der Waals surface area contributed by atoms with Crippen LogP contribution in [0, 0.1) is 0 Å². The third-order valence-corrected chi connectivity index (χ3v) is 5.40. The maximum Gasteiger partial charge on any atom is 0.327 e. The van der Waals surface area contributed by atoms with Gasteiger partial charge in [-0.1, -0.05) is 12.1 Å². The molecule has 0 aliphatic carbocycles. The third kappa shape index (κ3) is 3.72. The molecule has 1 aromatic rings. The molecule has 0 fully saturated rings. The lowest BCUT2D eigenvalue weighted by Crippen LogP contribution is -2.44. The lowest BCUT2D eigenvalue weighted by atomic mass is 10.00. The summed E-state index contributed by atoms with van der Waals surface area (Å²) in [5.74, 6) is -0.696. The highest BCUT2D eigenvalue weighted by Crippen LogP contribution is 2.25. The normalized spacial score (nSPS) is 14.6. The number of anilines is 1. The Kier molecular flexibility index (Phi) is 5.16. The summed E-state index contributed by atoms with van der Waals surface area (Å²) in [5, 5.41) is 0. The molecular formula is C14H21NO4S. The Morgan fingerprint density at radius 1 is 1.30 bits per heavy atom. The first-order chi connectivity index (χ1) is 9.20. The van der Waals surface area contributed by atoms with Gasteiger partial charge in [0.1, 0.15) is 0 Å². The second-order valence-electron chi connectivity index (χ2n) is 4.97. The van der Waals surface area contributed by atoms with Gasteiger partial charge in [0.2, 0.25) is 0 Å². The Balaban J connectivity index is 2.91. The van der Waals surface area contributed by atoms with E-state index in [4.69, 9.17) is 10.5 Å². The summed E-state index contributed by atoms with van der Waals surface area (Å²) in [5.41, 5.74) is 7.17. The first-order valence-corrected chi connectivity index (χ1v) is 8.31. The molecule has 20 heavy (non-hydrogen) atoms. The minimum atomic E-state index is -3.56. The van der Waals surface area contributed by atoms with E-state index in [0.717, 1.165) is 11.8 Å². The van der Waals surface area contributed by atoms with Crippen LogP contribution < -0.4 is 5.73 Å². The lowest BCUT2D eigenvalue weighted by Gasteiger charge is -2.25. The van der Waals surface area contributed by atoms with Gasteiger partial charge in [-0.2, -0.15) is 0 Å². The minimum absolute atomic E-state index is 0.159. The van der Waals surface area contributed by atoms with Crippen molar-refractivity contribution in [2.45, 2.75) is 31.4 Å². The standard InChI is InChI=1S/C14H21NO4S/c1-4-19-13(16)14(2,20(3,17)18)10-9-11-5-7-12(15)8-6-11/h5-8H,4,9-10,15H2,1-3H3. The Morgan fingerprint density at radius 2 is 1.85 bits per heavy atom. The van der Waals surface area contributed by atoms with Crippen LogP contribution in [0.25, 0.3) is 0 Å². The number of benzene rings is 1. The summed E-state index contributed by atoms with van der Waals surface area (Å²) in [6.07, 6.45) is 1.70. The molecule has 0 saturated carbocycles. The van der Waals surface area contributed by atoms with E-state index in [2.05, 4.69) is 0 Å². The van der Waals surface area contributed by atoms with Crippen molar-refractivity contribution in [3.05, 3.63) is 29.8 Å². The summed E-state index contributed by atoms with van der Waals surface area (Å²) in [6, 6.07) is 7.14. The van der Waals surface area contributed by atoms with Crippen LogP contribution in [0.2, 0.25) is 0 Å². The van der Waals surface area contributed by atoms with E-state index in [0.29, 0.717) is 12.1 Å². The van der Waals surface area contributed by atoms with Crippen molar-refractivity contribution in [2.24, 2.45) is 0 Å². The Labute approximate surface area is 120 Å². The number of nitrogen functional groups attached to an aromatic ring is 1. The van der Waals surface area contributed by atoms with Gasteiger partial charge < -0.3 is 10.5 Å². The molecule has 112 valence electrons. The molecule has 0 spiro atoms.